The molecule has 2 aromatic carbocycles. The average Bonchev–Trinajstić information content (AvgIpc) is 2.99. The zero-order valence-corrected chi connectivity index (χ0v) is 15.0. The van der Waals surface area contributed by atoms with Crippen molar-refractivity contribution in [3.05, 3.63) is 69.6 Å². The van der Waals surface area contributed by atoms with Gasteiger partial charge in [-0.3, -0.25) is 0 Å². The molecule has 0 spiro atoms. The van der Waals surface area contributed by atoms with Gasteiger partial charge in [0, 0.05) is 18.2 Å². The van der Waals surface area contributed by atoms with Gasteiger partial charge in [-0.05, 0) is 41.6 Å². The van der Waals surface area contributed by atoms with Crippen LogP contribution in [0.3, 0.4) is 0 Å². The lowest BCUT2D eigenvalue weighted by Gasteiger charge is -2.16. The SMILES string of the molecule is CC#Cc1cccc(-n2nnn(C)c2=O)c1COc1ccccc1C(F)(F)F. The van der Waals surface area contributed by atoms with E-state index in [9.17, 15) is 18.0 Å². The number of hydrogen-bond donors (Lipinski definition) is 0. The lowest BCUT2D eigenvalue weighted by atomic mass is 10.1. The van der Waals surface area contributed by atoms with Crippen molar-refractivity contribution in [2.75, 3.05) is 0 Å². The van der Waals surface area contributed by atoms with Gasteiger partial charge in [0.05, 0.1) is 11.3 Å². The highest BCUT2D eigenvalue weighted by molar-refractivity contribution is 5.52. The predicted octanol–water partition coefficient (Wildman–Crippen LogP) is 2.94. The fourth-order valence-corrected chi connectivity index (χ4v) is 2.62. The van der Waals surface area contributed by atoms with Crippen LogP contribution < -0.4 is 10.4 Å². The minimum absolute atomic E-state index is 0.240. The third-order valence-corrected chi connectivity index (χ3v) is 3.93. The van der Waals surface area contributed by atoms with E-state index in [2.05, 4.69) is 22.3 Å². The van der Waals surface area contributed by atoms with Crippen LogP contribution in [0.15, 0.2) is 47.3 Å². The monoisotopic (exact) mass is 388 g/mol. The van der Waals surface area contributed by atoms with Crippen molar-refractivity contribution in [1.29, 1.82) is 0 Å². The van der Waals surface area contributed by atoms with Crippen LogP contribution in [0.1, 0.15) is 23.6 Å². The van der Waals surface area contributed by atoms with Crippen molar-refractivity contribution < 1.29 is 17.9 Å². The largest absolute Gasteiger partial charge is 0.488 e. The Morgan fingerprint density at radius 1 is 1.11 bits per heavy atom. The summed E-state index contributed by atoms with van der Waals surface area (Å²) in [7, 11) is 1.44. The van der Waals surface area contributed by atoms with Crippen molar-refractivity contribution >= 4 is 0 Å². The number of rotatable bonds is 4. The predicted molar refractivity (Wildman–Crippen MR) is 94.9 cm³/mol. The quantitative estimate of drug-likeness (QED) is 0.645. The highest BCUT2D eigenvalue weighted by Gasteiger charge is 2.34. The first-order valence-electron chi connectivity index (χ1n) is 8.16. The summed E-state index contributed by atoms with van der Waals surface area (Å²) in [5, 5.41) is 7.46. The van der Waals surface area contributed by atoms with Gasteiger partial charge in [-0.2, -0.15) is 22.5 Å². The molecule has 9 heteroatoms. The molecule has 3 rings (SSSR count). The van der Waals surface area contributed by atoms with Crippen LogP contribution in [0.4, 0.5) is 13.2 Å². The van der Waals surface area contributed by atoms with Gasteiger partial charge in [0.15, 0.2) is 0 Å². The molecule has 0 saturated heterocycles. The summed E-state index contributed by atoms with van der Waals surface area (Å²) in [6, 6.07) is 9.89. The number of hydrogen-bond acceptors (Lipinski definition) is 4. The van der Waals surface area contributed by atoms with E-state index in [0.717, 1.165) is 15.4 Å². The molecule has 28 heavy (non-hydrogen) atoms. The molecule has 1 aromatic heterocycles. The zero-order chi connectivity index (χ0) is 20.3. The molecule has 0 amide bonds. The van der Waals surface area contributed by atoms with Crippen LogP contribution in [0.2, 0.25) is 0 Å². The number of benzene rings is 2. The van der Waals surface area contributed by atoms with Gasteiger partial charge < -0.3 is 4.74 Å². The summed E-state index contributed by atoms with van der Waals surface area (Å²) in [6.45, 7) is 1.39. The van der Waals surface area contributed by atoms with Crippen molar-refractivity contribution in [2.45, 2.75) is 19.7 Å². The highest BCUT2D eigenvalue weighted by atomic mass is 19.4. The maximum absolute atomic E-state index is 13.2. The normalized spacial score (nSPS) is 11.0. The molecule has 0 atom stereocenters. The van der Waals surface area contributed by atoms with Gasteiger partial charge in [-0.25, -0.2) is 4.79 Å². The maximum Gasteiger partial charge on any atom is 0.419 e. The molecule has 0 aliphatic carbocycles. The molecule has 0 N–H and O–H groups in total. The van der Waals surface area contributed by atoms with Crippen molar-refractivity contribution in [3.63, 3.8) is 0 Å². The second kappa shape index (κ2) is 7.60. The summed E-state index contributed by atoms with van der Waals surface area (Å²) in [6.07, 6.45) is -4.55. The Morgan fingerprint density at radius 2 is 1.86 bits per heavy atom. The Kier molecular flexibility index (Phi) is 5.22. The van der Waals surface area contributed by atoms with Crippen LogP contribution >= 0.6 is 0 Å². The van der Waals surface area contributed by atoms with E-state index in [1.54, 1.807) is 25.1 Å². The van der Waals surface area contributed by atoms with E-state index in [-0.39, 0.29) is 12.4 Å². The molecule has 0 unspecified atom stereocenters. The van der Waals surface area contributed by atoms with Gasteiger partial charge in [0.2, 0.25) is 0 Å². The van der Waals surface area contributed by atoms with Crippen molar-refractivity contribution in [2.24, 2.45) is 7.05 Å². The molecule has 144 valence electrons. The third kappa shape index (κ3) is 3.76. The Bertz CT molecular complexity index is 1120. The zero-order valence-electron chi connectivity index (χ0n) is 15.0. The molecule has 0 saturated carbocycles. The van der Waals surface area contributed by atoms with E-state index in [1.165, 1.54) is 25.2 Å². The summed E-state index contributed by atoms with van der Waals surface area (Å²) in [4.78, 5) is 12.2. The van der Waals surface area contributed by atoms with Crippen LogP contribution in [0, 0.1) is 11.8 Å². The molecule has 0 aliphatic heterocycles. The van der Waals surface area contributed by atoms with Crippen molar-refractivity contribution in [3.8, 4) is 23.3 Å². The van der Waals surface area contributed by atoms with Crippen LogP contribution in [-0.2, 0) is 19.8 Å². The van der Waals surface area contributed by atoms with Gasteiger partial charge in [0.1, 0.15) is 12.4 Å². The highest BCUT2D eigenvalue weighted by Crippen LogP contribution is 2.36. The molecule has 0 bridgehead atoms. The smallest absolute Gasteiger partial charge is 0.419 e. The maximum atomic E-state index is 13.2. The summed E-state index contributed by atoms with van der Waals surface area (Å²) >= 11 is 0. The standard InChI is InChI=1S/C19H15F3N4O2/c1-3-7-13-8-6-10-16(26-18(27)25(2)23-24-26)14(13)12-28-17-11-5-4-9-15(17)19(20,21)22/h4-6,8-11H,12H2,1-2H3. The van der Waals surface area contributed by atoms with E-state index in [1.807, 2.05) is 0 Å². The minimum atomic E-state index is -4.55. The fourth-order valence-electron chi connectivity index (χ4n) is 2.62. The Labute approximate surface area is 158 Å². The van der Waals surface area contributed by atoms with Crippen molar-refractivity contribution in [1.82, 2.24) is 19.8 Å². The van der Waals surface area contributed by atoms with Crippen LogP contribution in [-0.4, -0.2) is 19.8 Å². The van der Waals surface area contributed by atoms with E-state index in [0.29, 0.717) is 16.8 Å². The lowest BCUT2D eigenvalue weighted by Crippen LogP contribution is -2.23. The molecule has 0 fully saturated rings. The number of para-hydroxylation sites is 1. The molecule has 0 aliphatic rings. The van der Waals surface area contributed by atoms with Gasteiger partial charge >= 0.3 is 11.9 Å². The molecular weight excluding hydrogens is 373 g/mol. The molecule has 6 nitrogen and oxygen atoms in total. The number of tetrazole rings is 1. The molecule has 3 aromatic rings. The number of aromatic nitrogens is 4. The number of ether oxygens (including phenoxy) is 1. The minimum Gasteiger partial charge on any atom is -0.488 e. The van der Waals surface area contributed by atoms with E-state index < -0.39 is 17.4 Å². The van der Waals surface area contributed by atoms with Crippen LogP contribution in [0.25, 0.3) is 5.69 Å². The number of alkyl halides is 3. The van der Waals surface area contributed by atoms with E-state index >= 15 is 0 Å². The molecular formula is C19H15F3N4O2. The fraction of sp³-hybridized carbons (Fsp3) is 0.211. The first-order chi connectivity index (χ1) is 13.3. The summed E-state index contributed by atoms with van der Waals surface area (Å²) in [5.41, 5.74) is -0.105. The average molecular weight is 388 g/mol. The third-order valence-electron chi connectivity index (χ3n) is 3.93. The van der Waals surface area contributed by atoms with Crippen LogP contribution in [0.5, 0.6) is 5.75 Å². The van der Waals surface area contributed by atoms with E-state index in [4.69, 9.17) is 4.74 Å². The number of halogens is 3. The molecule has 1 heterocycles. The Balaban J connectivity index is 2.06. The Hall–Kier alpha value is -3.54. The Morgan fingerprint density at radius 3 is 2.50 bits per heavy atom. The first kappa shape index (κ1) is 19.2. The van der Waals surface area contributed by atoms with Gasteiger partial charge in [0.25, 0.3) is 0 Å². The van der Waals surface area contributed by atoms with Gasteiger partial charge in [-0.1, -0.05) is 24.1 Å². The first-order valence-corrected chi connectivity index (χ1v) is 8.16. The summed E-state index contributed by atoms with van der Waals surface area (Å²) < 4.78 is 47.2. The van der Waals surface area contributed by atoms with Gasteiger partial charge in [-0.15, -0.1) is 5.92 Å². The molecule has 0 radical (unpaired) electrons. The second-order valence-corrected chi connectivity index (χ2v) is 5.76. The summed E-state index contributed by atoms with van der Waals surface area (Å²) in [5.74, 6) is 5.30. The topological polar surface area (TPSA) is 61.9 Å². The number of aryl methyl sites for hydroxylation is 1. The number of nitrogens with zero attached hydrogens (tertiary/aromatic N) is 4. The lowest BCUT2D eigenvalue weighted by molar-refractivity contribution is -0.139. The second-order valence-electron chi connectivity index (χ2n) is 5.76.